The molecule has 0 bridgehead atoms. The van der Waals surface area contributed by atoms with Crippen LogP contribution in [0.4, 0.5) is 11.4 Å². The lowest BCUT2D eigenvalue weighted by molar-refractivity contribution is -0.913. The topological polar surface area (TPSA) is 52.4 Å². The zero-order valence-corrected chi connectivity index (χ0v) is 23.3. The van der Waals surface area contributed by atoms with Crippen molar-refractivity contribution in [2.45, 2.75) is 62.3 Å². The van der Waals surface area contributed by atoms with Gasteiger partial charge in [-0.05, 0) is 57.0 Å². The zero-order valence-electron chi connectivity index (χ0n) is 23.3. The largest absolute Gasteiger partial charge is 0.385 e. The predicted molar refractivity (Wildman–Crippen MR) is 169 cm³/mol. The molecule has 2 N–H and O–H groups in total. The molecule has 0 unspecified atom stereocenters. The summed E-state index contributed by atoms with van der Waals surface area (Å²) in [6, 6.07) is 12.5. The summed E-state index contributed by atoms with van der Waals surface area (Å²) in [6.07, 6.45) is 24.3. The van der Waals surface area contributed by atoms with E-state index in [9.17, 15) is 0 Å². The number of nitrogens with zero attached hydrogens (tertiary/aromatic N) is 5. The molecule has 3 aromatic heterocycles. The van der Waals surface area contributed by atoms with Crippen LogP contribution >= 0.6 is 0 Å². The minimum Gasteiger partial charge on any atom is -0.385 e. The molecule has 0 aromatic carbocycles. The Labute approximate surface area is 242 Å². The quantitative estimate of drug-likeness (QED) is 0.310. The summed E-state index contributed by atoms with van der Waals surface area (Å²) in [6.45, 7) is 12.8. The fourth-order valence-electron chi connectivity index (χ4n) is 3.89. The van der Waals surface area contributed by atoms with Crippen molar-refractivity contribution in [2.75, 3.05) is 30.3 Å². The van der Waals surface area contributed by atoms with Crippen molar-refractivity contribution < 1.29 is 9.13 Å². The van der Waals surface area contributed by atoms with Crippen LogP contribution in [0.1, 0.15) is 49.0 Å². The summed E-state index contributed by atoms with van der Waals surface area (Å²) in [4.78, 5) is 6.52. The number of hydrogen-bond acceptors (Lipinski definition) is 4. The predicted octanol–water partition coefficient (Wildman–Crippen LogP) is 5.95. The highest BCUT2D eigenvalue weighted by atomic mass is 15.2. The molecule has 0 saturated carbocycles. The van der Waals surface area contributed by atoms with Gasteiger partial charge >= 0.3 is 6.67 Å². The summed E-state index contributed by atoms with van der Waals surface area (Å²) in [5.74, 6) is 0. The smallest absolute Gasteiger partial charge is 0.343 e. The molecular formula is C33H51N7+2. The van der Waals surface area contributed by atoms with Gasteiger partial charge in [0.05, 0.1) is 12.0 Å². The van der Waals surface area contributed by atoms with Crippen molar-refractivity contribution in [2.24, 2.45) is 4.99 Å². The van der Waals surface area contributed by atoms with E-state index in [1.165, 1.54) is 5.57 Å². The highest BCUT2D eigenvalue weighted by molar-refractivity contribution is 5.40. The minimum absolute atomic E-state index is 0. The molecule has 0 radical (unpaired) electrons. The van der Waals surface area contributed by atoms with Crippen LogP contribution in [0, 0.1) is 0 Å². The Balaban J connectivity index is 0.000000381. The van der Waals surface area contributed by atoms with E-state index in [1.807, 2.05) is 19.1 Å². The molecule has 0 aliphatic carbocycles. The Bertz CT molecular complexity index is 1170. The number of allylic oxidation sites excluding steroid dienone is 4. The first-order valence-electron chi connectivity index (χ1n) is 13.6. The second kappa shape index (κ2) is 19.0. The van der Waals surface area contributed by atoms with E-state index < -0.39 is 0 Å². The van der Waals surface area contributed by atoms with E-state index in [-0.39, 0.29) is 14.9 Å². The maximum absolute atomic E-state index is 4.36. The summed E-state index contributed by atoms with van der Waals surface area (Å²) in [5.41, 5.74) is 3.60. The Hall–Kier alpha value is -4.13. The average molecular weight is 546 g/mol. The Kier molecular flexibility index (Phi) is 16.1. The SMILES string of the molecule is C.C.CCC=C1C=CN(Cn2ccc(=NCC)cc2)C=C1.CCNc1cc[n+](C[n+]2ccc(NCC)cc2)cc1. The first-order chi connectivity index (χ1) is 18.6. The lowest BCUT2D eigenvalue weighted by Gasteiger charge is -2.20. The van der Waals surface area contributed by atoms with Crippen LogP contribution in [0.3, 0.4) is 0 Å². The zero-order chi connectivity index (χ0) is 27.0. The lowest BCUT2D eigenvalue weighted by atomic mass is 10.2. The van der Waals surface area contributed by atoms with Crippen LogP contribution in [0.5, 0.6) is 0 Å². The maximum atomic E-state index is 4.36. The molecule has 1 aliphatic rings. The standard InChI is InChI=1S/C16H21N3.C15H20N4.2CH4/c1-3-5-15-6-10-18(11-7-15)14-19-12-8-16(9-13-19)17-4-2;1-3-16-14-5-9-18(10-6-14)13-19-11-7-15(8-12-19)17-4-2;;/h5-13H,3-4,14H2,1-2H3;5-12H,3-4,13H2,1-2H3;2*1H4/p+2. The van der Waals surface area contributed by atoms with Crippen LogP contribution in [0.15, 0.2) is 115 Å². The molecule has 3 aromatic rings. The Morgan fingerprint density at radius 1 is 0.750 bits per heavy atom. The first kappa shape index (κ1) is 33.9. The third-order valence-corrected chi connectivity index (χ3v) is 5.77. The summed E-state index contributed by atoms with van der Waals surface area (Å²) in [5, 5.41) is 7.62. The highest BCUT2D eigenvalue weighted by Crippen LogP contribution is 2.10. The van der Waals surface area contributed by atoms with Gasteiger partial charge in [-0.1, -0.05) is 27.9 Å². The molecule has 0 spiro atoms. The van der Waals surface area contributed by atoms with Crippen molar-refractivity contribution in [1.29, 1.82) is 0 Å². The Morgan fingerprint density at radius 3 is 1.68 bits per heavy atom. The number of pyridine rings is 3. The van der Waals surface area contributed by atoms with Gasteiger partial charge < -0.3 is 20.1 Å². The van der Waals surface area contributed by atoms with Crippen LogP contribution in [0.25, 0.3) is 0 Å². The molecule has 216 valence electrons. The van der Waals surface area contributed by atoms with Crippen LogP contribution in [0.2, 0.25) is 0 Å². The number of rotatable bonds is 10. The van der Waals surface area contributed by atoms with E-state index in [2.05, 4.69) is 147 Å². The van der Waals surface area contributed by atoms with Crippen LogP contribution < -0.4 is 25.1 Å². The first-order valence-corrected chi connectivity index (χ1v) is 13.6. The third kappa shape index (κ3) is 11.7. The van der Waals surface area contributed by atoms with Crippen molar-refractivity contribution in [3.63, 3.8) is 0 Å². The number of nitrogens with one attached hydrogen (secondary N) is 2. The third-order valence-electron chi connectivity index (χ3n) is 5.77. The second-order valence-electron chi connectivity index (χ2n) is 8.85. The molecule has 0 amide bonds. The molecule has 0 atom stereocenters. The highest BCUT2D eigenvalue weighted by Gasteiger charge is 2.07. The van der Waals surface area contributed by atoms with Gasteiger partial charge in [-0.2, -0.15) is 0 Å². The minimum atomic E-state index is 0. The van der Waals surface area contributed by atoms with Crippen molar-refractivity contribution in [1.82, 2.24) is 9.47 Å². The van der Waals surface area contributed by atoms with Crippen molar-refractivity contribution >= 4 is 11.4 Å². The number of anilines is 2. The van der Waals surface area contributed by atoms with Crippen LogP contribution in [-0.2, 0) is 13.3 Å². The lowest BCUT2D eigenvalue weighted by Crippen LogP contribution is -2.50. The summed E-state index contributed by atoms with van der Waals surface area (Å²) >= 11 is 0. The molecular weight excluding hydrogens is 494 g/mol. The molecule has 0 saturated heterocycles. The van der Waals surface area contributed by atoms with Gasteiger partial charge in [0.1, 0.15) is 0 Å². The fraction of sp³-hybridized carbons (Fsp3) is 0.364. The fourth-order valence-corrected chi connectivity index (χ4v) is 3.89. The van der Waals surface area contributed by atoms with Crippen LogP contribution in [-0.4, -0.2) is 29.1 Å². The van der Waals surface area contributed by atoms with Crippen molar-refractivity contribution in [3.05, 3.63) is 115 Å². The van der Waals surface area contributed by atoms with Gasteiger partial charge in [0.25, 0.3) is 0 Å². The molecule has 4 rings (SSSR count). The van der Waals surface area contributed by atoms with E-state index in [4.69, 9.17) is 0 Å². The van der Waals surface area contributed by atoms with Gasteiger partial charge in [-0.3, -0.25) is 4.99 Å². The number of hydrogen-bond donors (Lipinski definition) is 2. The van der Waals surface area contributed by atoms with E-state index in [0.29, 0.717) is 0 Å². The van der Waals surface area contributed by atoms with E-state index in [1.54, 1.807) is 0 Å². The van der Waals surface area contributed by atoms with E-state index in [0.717, 1.165) is 56.1 Å². The van der Waals surface area contributed by atoms with Gasteiger partial charge in [0.15, 0.2) is 24.8 Å². The van der Waals surface area contributed by atoms with E-state index >= 15 is 0 Å². The maximum Gasteiger partial charge on any atom is 0.343 e. The van der Waals surface area contributed by atoms with Gasteiger partial charge in [0, 0.05) is 80.1 Å². The Morgan fingerprint density at radius 2 is 1.25 bits per heavy atom. The number of aromatic nitrogens is 3. The normalized spacial score (nSPS) is 11.4. The second-order valence-corrected chi connectivity index (χ2v) is 8.85. The molecule has 0 fully saturated rings. The van der Waals surface area contributed by atoms with Gasteiger partial charge in [0.2, 0.25) is 0 Å². The molecule has 40 heavy (non-hydrogen) atoms. The molecule has 1 aliphatic heterocycles. The van der Waals surface area contributed by atoms with Crippen molar-refractivity contribution in [3.8, 4) is 0 Å². The molecule has 4 heterocycles. The summed E-state index contributed by atoms with van der Waals surface area (Å²) in [7, 11) is 0. The van der Waals surface area contributed by atoms with Gasteiger partial charge in [-0.25, -0.2) is 0 Å². The monoisotopic (exact) mass is 545 g/mol. The molecule has 7 heteroatoms. The van der Waals surface area contributed by atoms with Gasteiger partial charge in [-0.15, -0.1) is 9.13 Å². The average Bonchev–Trinajstić information content (AvgIpc) is 2.94. The summed E-state index contributed by atoms with van der Waals surface area (Å²) < 4.78 is 6.43. The molecule has 7 nitrogen and oxygen atoms in total.